The summed E-state index contributed by atoms with van der Waals surface area (Å²) in [5.41, 5.74) is 0. The van der Waals surface area contributed by atoms with Crippen molar-refractivity contribution in [3.63, 3.8) is 0 Å². The molecule has 1 aliphatic heterocycles. The van der Waals surface area contributed by atoms with Crippen LogP contribution in [-0.4, -0.2) is 27.7 Å². The van der Waals surface area contributed by atoms with Crippen LogP contribution in [0, 0.1) is 0 Å². The maximum absolute atomic E-state index is 4.10. The van der Waals surface area contributed by atoms with Crippen LogP contribution in [0.25, 0.3) is 0 Å². The Bertz CT molecular complexity index is 113. The second kappa shape index (κ2) is 2.72. The van der Waals surface area contributed by atoms with Crippen molar-refractivity contribution < 1.29 is 0 Å². The lowest BCUT2D eigenvalue weighted by molar-refractivity contribution is 0.224. The lowest BCUT2D eigenvalue weighted by atomic mass is 10.4. The van der Waals surface area contributed by atoms with Crippen molar-refractivity contribution in [3.05, 3.63) is 0 Å². The zero-order valence-electron chi connectivity index (χ0n) is 5.58. The van der Waals surface area contributed by atoms with Crippen LogP contribution in [0.15, 0.2) is 5.10 Å². The van der Waals surface area contributed by atoms with E-state index < -0.39 is 0 Å². The molecule has 0 saturated heterocycles. The molecule has 1 heterocycles. The van der Waals surface area contributed by atoms with Gasteiger partial charge in [0.2, 0.25) is 0 Å². The van der Waals surface area contributed by atoms with Crippen molar-refractivity contribution in [2.45, 2.75) is 19.5 Å². The van der Waals surface area contributed by atoms with E-state index >= 15 is 0 Å². The summed E-state index contributed by atoms with van der Waals surface area (Å²) in [4.78, 5) is 0. The molecule has 1 unspecified atom stereocenters. The Kier molecular flexibility index (Phi) is 2.15. The SMILES string of the molecule is CCC1N(I)C=NN1C. The fraction of sp³-hybridized carbons (Fsp3) is 0.800. The summed E-state index contributed by atoms with van der Waals surface area (Å²) in [6.45, 7) is 2.15. The number of hydrazone groups is 1. The van der Waals surface area contributed by atoms with Gasteiger partial charge >= 0.3 is 0 Å². The van der Waals surface area contributed by atoms with Crippen LogP contribution >= 0.6 is 22.9 Å². The predicted octanol–water partition coefficient (Wildman–Crippen LogP) is 1.26. The van der Waals surface area contributed by atoms with Gasteiger partial charge in [-0.1, -0.05) is 6.92 Å². The number of hydrogen-bond donors (Lipinski definition) is 0. The molecule has 0 saturated carbocycles. The summed E-state index contributed by atoms with van der Waals surface area (Å²) in [6, 6.07) is 0. The topological polar surface area (TPSA) is 18.8 Å². The largest absolute Gasteiger partial charge is 0.281 e. The molecule has 0 N–H and O–H groups in total. The van der Waals surface area contributed by atoms with Gasteiger partial charge in [0.25, 0.3) is 0 Å². The summed E-state index contributed by atoms with van der Waals surface area (Å²) in [5.74, 6) is 0. The average Bonchev–Trinajstić information content (AvgIpc) is 2.12. The molecular weight excluding hydrogens is 229 g/mol. The van der Waals surface area contributed by atoms with Gasteiger partial charge in [-0.15, -0.1) is 0 Å². The second-order valence-electron chi connectivity index (χ2n) is 2.04. The molecule has 0 fully saturated rings. The fourth-order valence-electron chi connectivity index (χ4n) is 0.883. The Balaban J connectivity index is 2.53. The molecule has 0 aromatic heterocycles. The van der Waals surface area contributed by atoms with E-state index in [4.69, 9.17) is 0 Å². The first-order valence-electron chi connectivity index (χ1n) is 2.96. The van der Waals surface area contributed by atoms with Gasteiger partial charge in [0.1, 0.15) is 12.5 Å². The third-order valence-electron chi connectivity index (χ3n) is 1.43. The monoisotopic (exact) mass is 239 g/mol. The van der Waals surface area contributed by atoms with Gasteiger partial charge in [-0.25, -0.2) is 0 Å². The van der Waals surface area contributed by atoms with Gasteiger partial charge < -0.3 is 0 Å². The van der Waals surface area contributed by atoms with Crippen molar-refractivity contribution >= 4 is 29.2 Å². The lowest BCUT2D eigenvalue weighted by Crippen LogP contribution is -2.30. The highest BCUT2D eigenvalue weighted by Gasteiger charge is 2.20. The molecule has 0 radical (unpaired) electrons. The van der Waals surface area contributed by atoms with Crippen LogP contribution in [0.3, 0.4) is 0 Å². The molecular formula is C5H10IN3. The summed E-state index contributed by atoms with van der Waals surface area (Å²) in [6.07, 6.45) is 3.42. The fourth-order valence-corrected chi connectivity index (χ4v) is 1.75. The minimum atomic E-state index is 0.464. The van der Waals surface area contributed by atoms with Gasteiger partial charge in [0.05, 0.1) is 22.9 Å². The molecule has 3 nitrogen and oxygen atoms in total. The predicted molar refractivity (Wildman–Crippen MR) is 46.2 cm³/mol. The molecule has 4 heteroatoms. The minimum Gasteiger partial charge on any atom is -0.281 e. The van der Waals surface area contributed by atoms with Crippen LogP contribution in [0.5, 0.6) is 0 Å². The average molecular weight is 239 g/mol. The van der Waals surface area contributed by atoms with E-state index in [9.17, 15) is 0 Å². The van der Waals surface area contributed by atoms with Crippen LogP contribution in [-0.2, 0) is 0 Å². The van der Waals surface area contributed by atoms with Crippen molar-refractivity contribution in [1.82, 2.24) is 8.12 Å². The molecule has 0 bridgehead atoms. The van der Waals surface area contributed by atoms with Gasteiger partial charge in [-0.3, -0.25) is 8.12 Å². The molecule has 9 heavy (non-hydrogen) atoms. The molecule has 52 valence electrons. The van der Waals surface area contributed by atoms with Crippen LogP contribution in [0.2, 0.25) is 0 Å². The highest BCUT2D eigenvalue weighted by Crippen LogP contribution is 2.16. The van der Waals surface area contributed by atoms with Crippen molar-refractivity contribution in [1.29, 1.82) is 0 Å². The number of halogens is 1. The maximum Gasteiger partial charge on any atom is 0.127 e. The highest BCUT2D eigenvalue weighted by atomic mass is 127. The van der Waals surface area contributed by atoms with Crippen molar-refractivity contribution in [3.8, 4) is 0 Å². The van der Waals surface area contributed by atoms with Crippen LogP contribution in [0.1, 0.15) is 13.3 Å². The number of hydrogen-bond acceptors (Lipinski definition) is 3. The van der Waals surface area contributed by atoms with Gasteiger partial charge in [-0.2, -0.15) is 5.10 Å². The number of nitrogens with zero attached hydrogens (tertiary/aromatic N) is 3. The number of rotatable bonds is 1. The smallest absolute Gasteiger partial charge is 0.127 e. The van der Waals surface area contributed by atoms with Gasteiger partial charge in [-0.05, 0) is 6.42 Å². The highest BCUT2D eigenvalue weighted by molar-refractivity contribution is 14.1. The Morgan fingerprint density at radius 3 is 2.67 bits per heavy atom. The van der Waals surface area contributed by atoms with E-state index in [-0.39, 0.29) is 0 Å². The third-order valence-corrected chi connectivity index (χ3v) is 2.32. The quantitative estimate of drug-likeness (QED) is 0.506. The van der Waals surface area contributed by atoms with Crippen LogP contribution in [0.4, 0.5) is 0 Å². The first-order chi connectivity index (χ1) is 4.25. The Morgan fingerprint density at radius 1 is 1.78 bits per heavy atom. The molecule has 0 aromatic rings. The summed E-state index contributed by atoms with van der Waals surface area (Å²) in [5, 5.41) is 6.06. The van der Waals surface area contributed by atoms with Crippen LogP contribution < -0.4 is 0 Å². The van der Waals surface area contributed by atoms with Crippen molar-refractivity contribution in [2.24, 2.45) is 5.10 Å². The Hall–Kier alpha value is 0. The van der Waals surface area contributed by atoms with E-state index in [1.54, 1.807) is 0 Å². The molecule has 0 amide bonds. The standard InChI is InChI=1S/C5H10IN3/c1-3-5-8(2)7-4-9(5)6/h4-5H,3H2,1-2H3. The van der Waals surface area contributed by atoms with E-state index in [0.29, 0.717) is 6.17 Å². The summed E-state index contributed by atoms with van der Waals surface area (Å²) < 4.78 is 2.08. The van der Waals surface area contributed by atoms with E-state index in [2.05, 4.69) is 38.0 Å². The van der Waals surface area contributed by atoms with E-state index in [0.717, 1.165) is 6.42 Å². The zero-order chi connectivity index (χ0) is 6.85. The molecule has 0 spiro atoms. The molecule has 1 rings (SSSR count). The maximum atomic E-state index is 4.10. The first-order valence-corrected chi connectivity index (χ1v) is 3.93. The van der Waals surface area contributed by atoms with Gasteiger partial charge in [0.15, 0.2) is 0 Å². The van der Waals surface area contributed by atoms with E-state index in [1.807, 2.05) is 18.4 Å². The molecule has 0 aliphatic carbocycles. The minimum absolute atomic E-state index is 0.464. The molecule has 1 atom stereocenters. The summed E-state index contributed by atoms with van der Waals surface area (Å²) in [7, 11) is 1.99. The Morgan fingerprint density at radius 2 is 2.44 bits per heavy atom. The second-order valence-corrected chi connectivity index (χ2v) is 3.15. The van der Waals surface area contributed by atoms with E-state index in [1.165, 1.54) is 0 Å². The molecule has 0 aromatic carbocycles. The zero-order valence-corrected chi connectivity index (χ0v) is 7.74. The first kappa shape index (κ1) is 7.11. The lowest BCUT2D eigenvalue weighted by Gasteiger charge is -2.21. The van der Waals surface area contributed by atoms with Crippen molar-refractivity contribution in [2.75, 3.05) is 7.05 Å². The normalized spacial score (nSPS) is 25.9. The van der Waals surface area contributed by atoms with Gasteiger partial charge in [0, 0.05) is 7.05 Å². The molecule has 1 aliphatic rings. The summed E-state index contributed by atoms with van der Waals surface area (Å²) >= 11 is 2.25. The Labute approximate surface area is 69.2 Å². The third kappa shape index (κ3) is 1.28.